The number of rotatable bonds is 4. The van der Waals surface area contributed by atoms with Gasteiger partial charge >= 0.3 is 0 Å². The average Bonchev–Trinajstić information content (AvgIpc) is 3.31. The number of hydrogen-bond acceptors (Lipinski definition) is 6. The summed E-state index contributed by atoms with van der Waals surface area (Å²) in [5, 5.41) is 12.6. The molecule has 0 bridgehead atoms. The highest BCUT2D eigenvalue weighted by Crippen LogP contribution is 2.47. The lowest BCUT2D eigenvalue weighted by Gasteiger charge is -2.28. The Balaban J connectivity index is 1.57. The number of halogens is 1. The Kier molecular flexibility index (Phi) is 4.99. The van der Waals surface area contributed by atoms with Crippen molar-refractivity contribution in [2.45, 2.75) is 12.1 Å². The van der Waals surface area contributed by atoms with E-state index in [4.69, 9.17) is 4.84 Å². The summed E-state index contributed by atoms with van der Waals surface area (Å²) < 4.78 is 0.829. The summed E-state index contributed by atoms with van der Waals surface area (Å²) in [4.78, 5) is 44.5. The van der Waals surface area contributed by atoms with E-state index in [0.29, 0.717) is 16.9 Å². The third-order valence-electron chi connectivity index (χ3n) is 5.66. The molecule has 2 amide bonds. The lowest BCUT2D eigenvalue weighted by molar-refractivity contribution is -0.384. The molecule has 5 rings (SSSR count). The number of anilines is 2. The predicted molar refractivity (Wildman–Crippen MR) is 120 cm³/mol. The first kappa shape index (κ1) is 20.3. The number of carbonyl (C=O) groups is 2. The van der Waals surface area contributed by atoms with Crippen LogP contribution in [0.2, 0.25) is 0 Å². The minimum absolute atomic E-state index is 0.0548. The van der Waals surface area contributed by atoms with Gasteiger partial charge in [-0.05, 0) is 42.0 Å². The minimum atomic E-state index is -0.994. The van der Waals surface area contributed by atoms with Crippen LogP contribution in [0, 0.1) is 16.0 Å². The fourth-order valence-electron chi connectivity index (χ4n) is 4.19. The summed E-state index contributed by atoms with van der Waals surface area (Å²) in [7, 11) is 0. The maximum absolute atomic E-state index is 13.5. The molecule has 2 saturated heterocycles. The summed E-state index contributed by atoms with van der Waals surface area (Å²) in [5.41, 5.74) is 1.74. The number of carbonyl (C=O) groups excluding carboxylic acids is 2. The van der Waals surface area contributed by atoms with Crippen LogP contribution in [0.4, 0.5) is 17.1 Å². The Morgan fingerprint density at radius 2 is 1.50 bits per heavy atom. The molecule has 8 nitrogen and oxygen atoms in total. The number of fused-ring (bicyclic) bond motifs is 1. The molecule has 0 spiro atoms. The van der Waals surface area contributed by atoms with Gasteiger partial charge in [0.1, 0.15) is 5.92 Å². The number of nitrogens with zero attached hydrogens (tertiary/aromatic N) is 3. The highest BCUT2D eigenvalue weighted by atomic mass is 79.9. The van der Waals surface area contributed by atoms with Crippen molar-refractivity contribution in [2.24, 2.45) is 5.92 Å². The van der Waals surface area contributed by atoms with Crippen molar-refractivity contribution in [1.29, 1.82) is 0 Å². The number of imide groups is 1. The quantitative estimate of drug-likeness (QED) is 0.303. The number of non-ortho nitro benzene ring substituents is 1. The topological polar surface area (TPSA) is 93.0 Å². The maximum atomic E-state index is 13.5. The fourth-order valence-corrected chi connectivity index (χ4v) is 4.45. The minimum Gasteiger partial charge on any atom is -0.273 e. The molecule has 2 aliphatic rings. The lowest BCUT2D eigenvalue weighted by Crippen LogP contribution is -2.37. The molecule has 2 fully saturated rings. The van der Waals surface area contributed by atoms with Crippen molar-refractivity contribution in [3.05, 3.63) is 99.0 Å². The molecular formula is C23H16BrN3O5. The molecule has 2 heterocycles. The molecule has 160 valence electrons. The van der Waals surface area contributed by atoms with Gasteiger partial charge in [0.25, 0.3) is 11.6 Å². The van der Waals surface area contributed by atoms with Crippen LogP contribution in [0.3, 0.4) is 0 Å². The Bertz CT molecular complexity index is 1200. The highest BCUT2D eigenvalue weighted by molar-refractivity contribution is 9.10. The van der Waals surface area contributed by atoms with Crippen LogP contribution in [0.25, 0.3) is 0 Å². The van der Waals surface area contributed by atoms with Crippen LogP contribution >= 0.6 is 15.9 Å². The summed E-state index contributed by atoms with van der Waals surface area (Å²) in [6, 6.07) is 21.4. The van der Waals surface area contributed by atoms with Gasteiger partial charge in [-0.1, -0.05) is 46.3 Å². The molecule has 0 N–H and O–H groups in total. The van der Waals surface area contributed by atoms with E-state index < -0.39 is 28.9 Å². The van der Waals surface area contributed by atoms with E-state index in [0.717, 1.165) is 9.37 Å². The second-order valence-corrected chi connectivity index (χ2v) is 8.41. The van der Waals surface area contributed by atoms with E-state index in [1.54, 1.807) is 41.5 Å². The summed E-state index contributed by atoms with van der Waals surface area (Å²) in [6.07, 6.45) is -0.994. The smallest absolute Gasteiger partial charge is 0.269 e. The van der Waals surface area contributed by atoms with E-state index in [1.165, 1.54) is 12.1 Å². The van der Waals surface area contributed by atoms with E-state index in [1.807, 2.05) is 30.3 Å². The molecule has 0 radical (unpaired) electrons. The van der Waals surface area contributed by atoms with Crippen LogP contribution < -0.4 is 9.96 Å². The standard InChI is InChI=1S/C23H16BrN3O5/c24-15-8-12-16(13-9-15)25-22(28)19-20(14-6-10-18(11-7-14)27(30)31)26(32-21(19)23(25)29)17-4-2-1-3-5-17/h1-13,19-21H/t19-,20-,21-/m1/s1. The van der Waals surface area contributed by atoms with Gasteiger partial charge in [0.15, 0.2) is 6.10 Å². The number of benzene rings is 3. The van der Waals surface area contributed by atoms with Crippen LogP contribution in [0.15, 0.2) is 83.3 Å². The largest absolute Gasteiger partial charge is 0.273 e. The van der Waals surface area contributed by atoms with Gasteiger partial charge in [-0.25, -0.2) is 9.96 Å². The second kappa shape index (κ2) is 7.85. The molecule has 0 unspecified atom stereocenters. The molecule has 9 heteroatoms. The van der Waals surface area contributed by atoms with Gasteiger partial charge < -0.3 is 0 Å². The number of amides is 2. The van der Waals surface area contributed by atoms with Gasteiger partial charge in [-0.15, -0.1) is 0 Å². The van der Waals surface area contributed by atoms with Crippen molar-refractivity contribution in [1.82, 2.24) is 0 Å². The summed E-state index contributed by atoms with van der Waals surface area (Å²) in [6.45, 7) is 0. The molecule has 3 atom stereocenters. The second-order valence-electron chi connectivity index (χ2n) is 7.49. The number of para-hydroxylation sites is 1. The Hall–Kier alpha value is -3.56. The monoisotopic (exact) mass is 493 g/mol. The van der Waals surface area contributed by atoms with E-state index in [2.05, 4.69) is 15.9 Å². The molecule has 3 aromatic rings. The first-order valence-electron chi connectivity index (χ1n) is 9.84. The van der Waals surface area contributed by atoms with Crippen LogP contribution in [0.1, 0.15) is 11.6 Å². The van der Waals surface area contributed by atoms with Crippen molar-refractivity contribution < 1.29 is 19.3 Å². The molecule has 0 aromatic heterocycles. The zero-order chi connectivity index (χ0) is 22.4. The molecular weight excluding hydrogens is 478 g/mol. The van der Waals surface area contributed by atoms with Crippen molar-refractivity contribution in [2.75, 3.05) is 9.96 Å². The number of nitro groups is 1. The van der Waals surface area contributed by atoms with Gasteiger partial charge in [-0.3, -0.25) is 24.5 Å². The number of hydroxylamine groups is 1. The van der Waals surface area contributed by atoms with Crippen molar-refractivity contribution in [3.63, 3.8) is 0 Å². The van der Waals surface area contributed by atoms with Crippen LogP contribution in [-0.2, 0) is 14.4 Å². The highest BCUT2D eigenvalue weighted by Gasteiger charge is 2.60. The van der Waals surface area contributed by atoms with Gasteiger partial charge in [0.05, 0.1) is 22.3 Å². The van der Waals surface area contributed by atoms with Gasteiger partial charge in [0.2, 0.25) is 5.91 Å². The number of hydrogen-bond donors (Lipinski definition) is 0. The van der Waals surface area contributed by atoms with Crippen molar-refractivity contribution in [3.8, 4) is 0 Å². The normalized spacial score (nSPS) is 22.3. The van der Waals surface area contributed by atoms with Crippen LogP contribution in [0.5, 0.6) is 0 Å². The predicted octanol–water partition coefficient (Wildman–Crippen LogP) is 4.41. The molecule has 2 aliphatic heterocycles. The first-order chi connectivity index (χ1) is 15.5. The fraction of sp³-hybridized carbons (Fsp3) is 0.130. The Morgan fingerprint density at radius 3 is 2.12 bits per heavy atom. The third kappa shape index (κ3) is 3.26. The summed E-state index contributed by atoms with van der Waals surface area (Å²) in [5.74, 6) is -1.61. The molecule has 3 aromatic carbocycles. The Labute approximate surface area is 191 Å². The number of nitro benzene ring substituents is 1. The SMILES string of the molecule is O=C1[C@@H]2[C@@H](c3ccc([N+](=O)[O-])cc3)N(c3ccccc3)O[C@H]2C(=O)N1c1ccc(Br)cc1. The van der Waals surface area contributed by atoms with E-state index in [-0.39, 0.29) is 11.6 Å². The molecule has 0 saturated carbocycles. The van der Waals surface area contributed by atoms with Gasteiger partial charge in [-0.2, -0.15) is 0 Å². The van der Waals surface area contributed by atoms with E-state index in [9.17, 15) is 19.7 Å². The molecule has 0 aliphatic carbocycles. The zero-order valence-corrected chi connectivity index (χ0v) is 18.1. The lowest BCUT2D eigenvalue weighted by atomic mass is 9.90. The zero-order valence-electron chi connectivity index (χ0n) is 16.5. The van der Waals surface area contributed by atoms with Crippen LogP contribution in [-0.4, -0.2) is 22.8 Å². The Morgan fingerprint density at radius 1 is 0.844 bits per heavy atom. The average molecular weight is 494 g/mol. The summed E-state index contributed by atoms with van der Waals surface area (Å²) >= 11 is 3.36. The molecule has 32 heavy (non-hydrogen) atoms. The van der Waals surface area contributed by atoms with E-state index >= 15 is 0 Å². The maximum Gasteiger partial charge on any atom is 0.269 e. The van der Waals surface area contributed by atoms with Crippen molar-refractivity contribution >= 4 is 44.8 Å². The third-order valence-corrected chi connectivity index (χ3v) is 6.19. The first-order valence-corrected chi connectivity index (χ1v) is 10.6. The van der Waals surface area contributed by atoms with Gasteiger partial charge in [0, 0.05) is 16.6 Å².